The number of carbonyl (C=O) groups excluding carboxylic acids is 3. The molecule has 28 heavy (non-hydrogen) atoms. The summed E-state index contributed by atoms with van der Waals surface area (Å²) >= 11 is 0. The Morgan fingerprint density at radius 3 is 2.57 bits per heavy atom. The molecule has 2 fully saturated rings. The number of allylic oxidation sites excluding steroid dienone is 3. The second-order valence-electron chi connectivity index (χ2n) is 9.03. The van der Waals surface area contributed by atoms with Crippen LogP contribution in [0.4, 0.5) is 0 Å². The Morgan fingerprint density at radius 1 is 1.14 bits per heavy atom. The highest BCUT2D eigenvalue weighted by Gasteiger charge is 2.50. The fourth-order valence-corrected chi connectivity index (χ4v) is 5.89. The summed E-state index contributed by atoms with van der Waals surface area (Å²) in [7, 11) is 0. The number of hydrogen-bond donors (Lipinski definition) is 2. The predicted octanol–water partition coefficient (Wildman–Crippen LogP) is 1.74. The SMILES string of the molecule is CC(=O)C/C1=C2\C(=O)O[C@@H](CC2O)C[C@H](O)CC2C=CC3C(=O)[C@H](C)CC3C12. The smallest absolute Gasteiger partial charge is 0.336 e. The second kappa shape index (κ2) is 7.23. The van der Waals surface area contributed by atoms with Crippen molar-refractivity contribution in [2.75, 3.05) is 0 Å². The Bertz CT molecular complexity index is 765. The van der Waals surface area contributed by atoms with Crippen LogP contribution in [0, 0.1) is 29.6 Å². The van der Waals surface area contributed by atoms with Crippen molar-refractivity contribution in [2.24, 2.45) is 29.6 Å². The summed E-state index contributed by atoms with van der Waals surface area (Å²) in [5.74, 6) is -1.12. The molecule has 0 radical (unpaired) electrons. The van der Waals surface area contributed by atoms with Gasteiger partial charge in [0, 0.05) is 31.1 Å². The third-order valence-corrected chi connectivity index (χ3v) is 6.97. The van der Waals surface area contributed by atoms with E-state index in [2.05, 4.69) is 0 Å². The molecule has 0 spiro atoms. The average molecular weight is 388 g/mol. The number of ether oxygens (including phenoxy) is 1. The van der Waals surface area contributed by atoms with Crippen molar-refractivity contribution in [3.63, 3.8) is 0 Å². The normalized spacial score (nSPS) is 45.4. The lowest BCUT2D eigenvalue weighted by Crippen LogP contribution is -2.43. The van der Waals surface area contributed by atoms with Gasteiger partial charge in [0.25, 0.3) is 0 Å². The number of Topliss-reactive ketones (excluding diaryl/α,β-unsaturated/α-hetero) is 2. The molecular formula is C22H28O6. The number of carbonyl (C=O) groups is 3. The second-order valence-corrected chi connectivity index (χ2v) is 9.03. The molecule has 152 valence electrons. The first kappa shape index (κ1) is 19.5. The molecule has 8 atom stereocenters. The zero-order valence-corrected chi connectivity index (χ0v) is 16.3. The van der Waals surface area contributed by atoms with Crippen molar-refractivity contribution >= 4 is 17.5 Å². The van der Waals surface area contributed by atoms with Gasteiger partial charge >= 0.3 is 5.97 Å². The largest absolute Gasteiger partial charge is 0.459 e. The van der Waals surface area contributed by atoms with Gasteiger partial charge in [-0.2, -0.15) is 0 Å². The fourth-order valence-electron chi connectivity index (χ4n) is 5.89. The number of hydrogen-bond acceptors (Lipinski definition) is 6. The van der Waals surface area contributed by atoms with Crippen molar-refractivity contribution in [1.29, 1.82) is 0 Å². The van der Waals surface area contributed by atoms with E-state index in [1.165, 1.54) is 6.92 Å². The summed E-state index contributed by atoms with van der Waals surface area (Å²) in [5, 5.41) is 21.4. The van der Waals surface area contributed by atoms with Gasteiger partial charge in [0.05, 0.1) is 17.8 Å². The van der Waals surface area contributed by atoms with Crippen LogP contribution in [0.15, 0.2) is 23.3 Å². The molecule has 5 aliphatic rings. The minimum atomic E-state index is -1.01. The lowest BCUT2D eigenvalue weighted by molar-refractivity contribution is -0.154. The first-order valence-corrected chi connectivity index (χ1v) is 10.3. The van der Waals surface area contributed by atoms with Crippen molar-refractivity contribution in [3.05, 3.63) is 23.3 Å². The molecular weight excluding hydrogens is 360 g/mol. The minimum absolute atomic E-state index is 0.0244. The van der Waals surface area contributed by atoms with E-state index in [-0.39, 0.29) is 59.6 Å². The highest BCUT2D eigenvalue weighted by atomic mass is 16.5. The highest BCUT2D eigenvalue weighted by Crippen LogP contribution is 2.51. The van der Waals surface area contributed by atoms with E-state index in [4.69, 9.17) is 4.74 Å². The maximum absolute atomic E-state index is 12.8. The molecule has 5 unspecified atom stereocenters. The van der Waals surface area contributed by atoms with E-state index in [0.717, 1.165) is 0 Å². The molecule has 6 heteroatoms. The first-order valence-electron chi connectivity index (χ1n) is 10.3. The summed E-state index contributed by atoms with van der Waals surface area (Å²) < 4.78 is 5.50. The quantitative estimate of drug-likeness (QED) is 0.552. The van der Waals surface area contributed by atoms with Gasteiger partial charge in [0.1, 0.15) is 17.7 Å². The van der Waals surface area contributed by atoms with Gasteiger partial charge in [0.2, 0.25) is 0 Å². The number of rotatable bonds is 2. The minimum Gasteiger partial charge on any atom is -0.459 e. The Balaban J connectivity index is 1.88. The summed E-state index contributed by atoms with van der Waals surface area (Å²) in [6.45, 7) is 3.39. The molecule has 0 aromatic carbocycles. The molecule has 2 N–H and O–H groups in total. The average Bonchev–Trinajstić information content (AvgIpc) is 2.87. The third-order valence-electron chi connectivity index (χ3n) is 6.97. The van der Waals surface area contributed by atoms with Crippen molar-refractivity contribution in [1.82, 2.24) is 0 Å². The van der Waals surface area contributed by atoms with E-state index in [1.54, 1.807) is 0 Å². The standard InChI is InChI=1S/C22H28O6/c1-10-5-16-15(21(10)26)4-3-12-7-13(24)8-14-9-18(25)20(22(27)28-14)17(19(12)16)6-11(2)23/h3-4,10,12-16,18-19,24-25H,5-9H2,1-2H3/b20-17+/t10-,12?,13-,14-,15?,16?,18?,19?/m1/s1. The first-order chi connectivity index (χ1) is 13.3. The topological polar surface area (TPSA) is 101 Å². The molecule has 6 nitrogen and oxygen atoms in total. The van der Waals surface area contributed by atoms with Crippen molar-refractivity contribution in [3.8, 4) is 0 Å². The van der Waals surface area contributed by atoms with Gasteiger partial charge in [-0.05, 0) is 43.1 Å². The predicted molar refractivity (Wildman–Crippen MR) is 100.0 cm³/mol. The Labute approximate surface area is 164 Å². The lowest BCUT2D eigenvalue weighted by atomic mass is 9.64. The number of esters is 1. The molecule has 5 rings (SSSR count). The van der Waals surface area contributed by atoms with Crippen LogP contribution in [0.1, 0.15) is 46.0 Å². The number of aliphatic hydroxyl groups excluding tert-OH is 2. The fraction of sp³-hybridized carbons (Fsp3) is 0.682. The Morgan fingerprint density at radius 2 is 1.89 bits per heavy atom. The van der Waals surface area contributed by atoms with Crippen LogP contribution >= 0.6 is 0 Å². The molecule has 3 aliphatic carbocycles. The van der Waals surface area contributed by atoms with Crippen molar-refractivity contribution < 1.29 is 29.3 Å². The van der Waals surface area contributed by atoms with Crippen LogP contribution in [0.5, 0.6) is 0 Å². The maximum atomic E-state index is 12.8. The molecule has 0 aromatic rings. The highest BCUT2D eigenvalue weighted by molar-refractivity contribution is 5.93. The summed E-state index contributed by atoms with van der Waals surface area (Å²) in [6, 6.07) is 0. The molecule has 2 aliphatic heterocycles. The van der Waals surface area contributed by atoms with Crippen LogP contribution in [0.25, 0.3) is 0 Å². The van der Waals surface area contributed by atoms with Gasteiger partial charge in [-0.1, -0.05) is 19.1 Å². The zero-order valence-electron chi connectivity index (χ0n) is 16.3. The van der Waals surface area contributed by atoms with E-state index >= 15 is 0 Å². The van der Waals surface area contributed by atoms with Gasteiger partial charge in [-0.25, -0.2) is 4.79 Å². The molecule has 1 saturated heterocycles. The maximum Gasteiger partial charge on any atom is 0.336 e. The van der Waals surface area contributed by atoms with Gasteiger partial charge in [-0.15, -0.1) is 0 Å². The monoisotopic (exact) mass is 388 g/mol. The zero-order chi connectivity index (χ0) is 20.2. The molecule has 2 bridgehead atoms. The van der Waals surface area contributed by atoms with Crippen LogP contribution in [0.2, 0.25) is 0 Å². The Kier molecular flexibility index (Phi) is 5.04. The van der Waals surface area contributed by atoms with Gasteiger partial charge in [0.15, 0.2) is 0 Å². The number of aliphatic hydroxyl groups is 2. The van der Waals surface area contributed by atoms with E-state index in [0.29, 0.717) is 24.8 Å². The molecule has 0 aromatic heterocycles. The van der Waals surface area contributed by atoms with E-state index in [1.807, 2.05) is 19.1 Å². The third kappa shape index (κ3) is 3.26. The molecule has 0 amide bonds. The van der Waals surface area contributed by atoms with Crippen molar-refractivity contribution in [2.45, 2.75) is 64.3 Å². The van der Waals surface area contributed by atoms with Gasteiger partial charge in [-0.3, -0.25) is 9.59 Å². The van der Waals surface area contributed by atoms with Crippen LogP contribution in [-0.2, 0) is 19.1 Å². The van der Waals surface area contributed by atoms with E-state index in [9.17, 15) is 24.6 Å². The van der Waals surface area contributed by atoms with Gasteiger partial charge < -0.3 is 14.9 Å². The van der Waals surface area contributed by atoms with Crippen LogP contribution < -0.4 is 0 Å². The lowest BCUT2D eigenvalue weighted by Gasteiger charge is -2.42. The summed E-state index contributed by atoms with van der Waals surface area (Å²) in [6.07, 6.45) is 3.50. The van der Waals surface area contributed by atoms with Crippen LogP contribution in [-0.4, -0.2) is 46.1 Å². The Hall–Kier alpha value is -1.79. The number of ketones is 2. The molecule has 2 heterocycles. The number of fused-ring (bicyclic) bond motifs is 5. The summed E-state index contributed by atoms with van der Waals surface area (Å²) in [5.41, 5.74) is 0.822. The van der Waals surface area contributed by atoms with E-state index < -0.39 is 24.3 Å². The van der Waals surface area contributed by atoms with Crippen LogP contribution in [0.3, 0.4) is 0 Å². The molecule has 1 saturated carbocycles. The summed E-state index contributed by atoms with van der Waals surface area (Å²) in [4.78, 5) is 37.5.